The molecule has 0 aromatic heterocycles. The number of rotatable bonds is 2. The van der Waals surface area contributed by atoms with Crippen molar-refractivity contribution in [1.82, 2.24) is 4.98 Å². The molecule has 0 fully saturated rings. The zero-order chi connectivity index (χ0) is 24.7. The van der Waals surface area contributed by atoms with Gasteiger partial charge in [0.2, 0.25) is 0 Å². The van der Waals surface area contributed by atoms with Crippen LogP contribution in [0, 0.1) is 12.3 Å². The van der Waals surface area contributed by atoms with Crippen LogP contribution in [-0.2, 0) is 20.2 Å². The number of aromatic nitrogens is 1. The molecule has 2 heterocycles. The number of benzene rings is 3. The van der Waals surface area contributed by atoms with Crippen LogP contribution in [0.3, 0.4) is 0 Å². The first-order valence-corrected chi connectivity index (χ1v) is 12.8. The molecular formula is C19H11Cl2N3O8S2. The number of hydrogen-bond donors (Lipinski definition) is 4. The molecule has 2 aliphatic heterocycles. The molecule has 2 aromatic rings. The molecule has 11 nitrogen and oxygen atoms in total. The molecule has 0 amide bonds. The van der Waals surface area contributed by atoms with E-state index in [1.807, 2.05) is 0 Å². The minimum Gasteiger partial charge on any atom is -0.450 e. The number of aryl methyl sites for hydroxylation is 1. The van der Waals surface area contributed by atoms with Gasteiger partial charge in [0.05, 0.1) is 11.0 Å². The maximum atomic E-state index is 12.0. The molecule has 4 N–H and O–H groups in total. The van der Waals surface area contributed by atoms with Crippen LogP contribution >= 0.6 is 23.2 Å². The van der Waals surface area contributed by atoms with E-state index < -0.39 is 41.1 Å². The SMILES string of the molecule is Cc1ccc2c(c1S(=O)(=O)O)Oc1c(c(Cl)c3oc4c(S(=O)(=O)O)c(=N)ccc-4nc3c1Cl)N2. The van der Waals surface area contributed by atoms with Crippen LogP contribution < -0.4 is 15.4 Å². The lowest BCUT2D eigenvalue weighted by atomic mass is 10.1. The third-order valence-corrected chi connectivity index (χ3v) is 7.74. The van der Waals surface area contributed by atoms with Crippen LogP contribution in [0.4, 0.5) is 11.4 Å². The molecule has 0 bridgehead atoms. The number of fused-ring (bicyclic) bond motifs is 4. The van der Waals surface area contributed by atoms with Crippen LogP contribution in [0.1, 0.15) is 5.56 Å². The first-order valence-electron chi connectivity index (χ1n) is 9.15. The average Bonchev–Trinajstić information content (AvgIpc) is 2.73. The highest BCUT2D eigenvalue weighted by Gasteiger charge is 2.33. The van der Waals surface area contributed by atoms with Gasteiger partial charge < -0.3 is 14.5 Å². The van der Waals surface area contributed by atoms with Crippen molar-refractivity contribution in [2.24, 2.45) is 0 Å². The topological polar surface area (TPSA) is 180 Å². The number of anilines is 2. The fourth-order valence-electron chi connectivity index (χ4n) is 3.67. The maximum absolute atomic E-state index is 12.0. The molecule has 15 heteroatoms. The molecule has 0 saturated heterocycles. The Labute approximate surface area is 201 Å². The highest BCUT2D eigenvalue weighted by Crippen LogP contribution is 2.54. The van der Waals surface area contributed by atoms with Gasteiger partial charge in [0, 0.05) is 0 Å². The Bertz CT molecular complexity index is 1820. The van der Waals surface area contributed by atoms with Gasteiger partial charge in [-0.05, 0) is 30.7 Å². The lowest BCUT2D eigenvalue weighted by molar-refractivity contribution is 0.447. The number of hydrogen-bond acceptors (Lipinski definition) is 9. The lowest BCUT2D eigenvalue weighted by Gasteiger charge is -2.26. The molecule has 0 saturated carbocycles. The smallest absolute Gasteiger partial charge is 0.300 e. The second-order valence-corrected chi connectivity index (χ2v) is 10.8. The van der Waals surface area contributed by atoms with E-state index in [9.17, 15) is 25.9 Å². The summed E-state index contributed by atoms with van der Waals surface area (Å²) in [7, 11) is -9.52. The van der Waals surface area contributed by atoms with Crippen molar-refractivity contribution in [3.63, 3.8) is 0 Å². The van der Waals surface area contributed by atoms with Gasteiger partial charge in [-0.1, -0.05) is 29.3 Å². The fourth-order valence-corrected chi connectivity index (χ4v) is 5.78. The van der Waals surface area contributed by atoms with Crippen LogP contribution in [0.15, 0.2) is 38.5 Å². The largest absolute Gasteiger partial charge is 0.450 e. The summed E-state index contributed by atoms with van der Waals surface area (Å²) in [6.45, 7) is 1.47. The molecule has 2 aromatic carbocycles. The van der Waals surface area contributed by atoms with Gasteiger partial charge in [0.25, 0.3) is 20.2 Å². The maximum Gasteiger partial charge on any atom is 0.300 e. The highest BCUT2D eigenvalue weighted by atomic mass is 35.5. The summed E-state index contributed by atoms with van der Waals surface area (Å²) >= 11 is 13.0. The van der Waals surface area contributed by atoms with Crippen molar-refractivity contribution in [1.29, 1.82) is 5.41 Å². The van der Waals surface area contributed by atoms with Gasteiger partial charge in [-0.15, -0.1) is 0 Å². The molecule has 176 valence electrons. The molecule has 0 atom stereocenters. The third kappa shape index (κ3) is 3.32. The van der Waals surface area contributed by atoms with E-state index in [1.165, 1.54) is 25.1 Å². The Morgan fingerprint density at radius 2 is 1.65 bits per heavy atom. The predicted molar refractivity (Wildman–Crippen MR) is 121 cm³/mol. The minimum absolute atomic E-state index is 0.0529. The van der Waals surface area contributed by atoms with Gasteiger partial charge >= 0.3 is 0 Å². The Kier molecular flexibility index (Phi) is 4.89. The van der Waals surface area contributed by atoms with E-state index in [0.717, 1.165) is 6.07 Å². The molecule has 34 heavy (non-hydrogen) atoms. The average molecular weight is 544 g/mol. The van der Waals surface area contributed by atoms with Gasteiger partial charge in [-0.25, -0.2) is 4.98 Å². The monoisotopic (exact) mass is 543 g/mol. The first kappa shape index (κ1) is 22.8. The molecule has 3 aliphatic rings. The van der Waals surface area contributed by atoms with E-state index in [-0.39, 0.29) is 55.3 Å². The summed E-state index contributed by atoms with van der Waals surface area (Å²) in [5.41, 5.74) is 0.101. The zero-order valence-corrected chi connectivity index (χ0v) is 19.8. The second kappa shape index (κ2) is 7.28. The molecule has 0 spiro atoms. The van der Waals surface area contributed by atoms with Gasteiger partial charge in [0.1, 0.15) is 31.8 Å². The Morgan fingerprint density at radius 1 is 0.971 bits per heavy atom. The van der Waals surface area contributed by atoms with Crippen LogP contribution in [-0.4, -0.2) is 30.9 Å². The van der Waals surface area contributed by atoms with E-state index in [4.69, 9.17) is 37.8 Å². The normalized spacial score (nSPS) is 13.3. The summed E-state index contributed by atoms with van der Waals surface area (Å²) in [5, 5.41) is 9.88. The standard InChI is InChI=1S/C19H11Cl2N3O8S2/c1-6-2-4-8-14(18(6)33(25,26)27)31-16-10(20)13-17(11(21)12(16)23-8)32-15-9(24-13)5-3-7(22)19(15)34(28,29)30/h2-5,22-23H,1H3,(H,25,26,27)(H,28,29,30). The van der Waals surface area contributed by atoms with Crippen LogP contribution in [0.2, 0.25) is 10.0 Å². The molecule has 0 unspecified atom stereocenters. The molecular weight excluding hydrogens is 533 g/mol. The number of halogens is 2. The Balaban J connectivity index is 1.85. The molecule has 1 aliphatic carbocycles. The van der Waals surface area contributed by atoms with Crippen molar-refractivity contribution in [3.05, 3.63) is 45.2 Å². The van der Waals surface area contributed by atoms with E-state index in [1.54, 1.807) is 0 Å². The quantitative estimate of drug-likeness (QED) is 0.184. The summed E-state index contributed by atoms with van der Waals surface area (Å²) in [6, 6.07) is 5.32. The van der Waals surface area contributed by atoms with Crippen molar-refractivity contribution >= 4 is 65.9 Å². The van der Waals surface area contributed by atoms with Gasteiger partial charge in [-0.3, -0.25) is 14.5 Å². The number of ether oxygens (including phenoxy) is 1. The van der Waals surface area contributed by atoms with Gasteiger partial charge in [-0.2, -0.15) is 16.8 Å². The Morgan fingerprint density at radius 3 is 2.29 bits per heavy atom. The number of nitrogens with zero attached hydrogens (tertiary/aromatic N) is 1. The van der Waals surface area contributed by atoms with Crippen LogP contribution in [0.5, 0.6) is 11.5 Å². The molecule has 5 rings (SSSR count). The van der Waals surface area contributed by atoms with E-state index >= 15 is 0 Å². The second-order valence-electron chi connectivity index (χ2n) is 7.28. The predicted octanol–water partition coefficient (Wildman–Crippen LogP) is 4.37. The lowest BCUT2D eigenvalue weighted by Crippen LogP contribution is -2.16. The third-order valence-electron chi connectivity index (χ3n) is 5.08. The van der Waals surface area contributed by atoms with E-state index in [0.29, 0.717) is 0 Å². The van der Waals surface area contributed by atoms with Crippen molar-refractivity contribution in [2.45, 2.75) is 16.7 Å². The zero-order valence-electron chi connectivity index (χ0n) is 16.7. The summed E-state index contributed by atoms with van der Waals surface area (Å²) in [6.07, 6.45) is 0. The van der Waals surface area contributed by atoms with Gasteiger partial charge in [0.15, 0.2) is 27.7 Å². The summed E-state index contributed by atoms with van der Waals surface area (Å²) in [4.78, 5) is 3.00. The van der Waals surface area contributed by atoms with Crippen LogP contribution in [0.25, 0.3) is 22.6 Å². The highest BCUT2D eigenvalue weighted by molar-refractivity contribution is 7.86. The first-order chi connectivity index (χ1) is 15.8. The Hall–Kier alpha value is -2.94. The van der Waals surface area contributed by atoms with Crippen molar-refractivity contribution in [2.75, 3.05) is 5.32 Å². The minimum atomic E-state index is -4.85. The fraction of sp³-hybridized carbons (Fsp3) is 0.0526. The summed E-state index contributed by atoms with van der Waals surface area (Å²) < 4.78 is 78.4. The van der Waals surface area contributed by atoms with E-state index in [2.05, 4.69) is 10.3 Å². The molecule has 0 radical (unpaired) electrons. The van der Waals surface area contributed by atoms with Crippen molar-refractivity contribution in [3.8, 4) is 23.0 Å². The van der Waals surface area contributed by atoms with Crippen molar-refractivity contribution < 1.29 is 35.1 Å². The number of nitrogens with one attached hydrogen (secondary N) is 2. The summed E-state index contributed by atoms with van der Waals surface area (Å²) in [5.74, 6) is -0.740.